The predicted molar refractivity (Wildman–Crippen MR) is 76.0 cm³/mol. The van der Waals surface area contributed by atoms with Gasteiger partial charge in [0.1, 0.15) is 0 Å². The third-order valence-corrected chi connectivity index (χ3v) is 3.63. The standard InChI is InChI=1S/C14H23N3O2/c1-14(19)6-2-7-16(11-14)8-3-9-17-10-12(15)4-5-13(17)18/h4-5,10,19H,2-3,6-9,11,15H2,1H3. The van der Waals surface area contributed by atoms with Crippen molar-refractivity contribution in [2.75, 3.05) is 25.4 Å². The summed E-state index contributed by atoms with van der Waals surface area (Å²) in [5, 5.41) is 10.0. The summed E-state index contributed by atoms with van der Waals surface area (Å²) >= 11 is 0. The van der Waals surface area contributed by atoms with Crippen LogP contribution in [0.3, 0.4) is 0 Å². The van der Waals surface area contributed by atoms with E-state index in [2.05, 4.69) is 4.90 Å². The van der Waals surface area contributed by atoms with Crippen molar-refractivity contribution < 1.29 is 5.11 Å². The summed E-state index contributed by atoms with van der Waals surface area (Å²) < 4.78 is 1.65. The Labute approximate surface area is 113 Å². The molecule has 0 aliphatic carbocycles. The zero-order valence-electron chi connectivity index (χ0n) is 11.5. The molecule has 0 spiro atoms. The molecule has 1 aromatic rings. The quantitative estimate of drug-likeness (QED) is 0.839. The lowest BCUT2D eigenvalue weighted by molar-refractivity contribution is -0.0159. The van der Waals surface area contributed by atoms with Gasteiger partial charge in [-0.2, -0.15) is 0 Å². The fourth-order valence-corrected chi connectivity index (χ4v) is 2.70. The zero-order chi connectivity index (χ0) is 13.9. The minimum absolute atomic E-state index is 0.0140. The average Bonchev–Trinajstić information content (AvgIpc) is 2.32. The molecule has 3 N–H and O–H groups in total. The van der Waals surface area contributed by atoms with E-state index < -0.39 is 5.60 Å². The van der Waals surface area contributed by atoms with Crippen molar-refractivity contribution in [2.45, 2.75) is 38.3 Å². The molecular formula is C14H23N3O2. The van der Waals surface area contributed by atoms with Crippen LogP contribution in [0.2, 0.25) is 0 Å². The molecular weight excluding hydrogens is 242 g/mol. The van der Waals surface area contributed by atoms with E-state index in [0.717, 1.165) is 38.9 Å². The van der Waals surface area contributed by atoms with Crippen molar-refractivity contribution in [3.63, 3.8) is 0 Å². The Morgan fingerprint density at radius 2 is 2.21 bits per heavy atom. The summed E-state index contributed by atoms with van der Waals surface area (Å²) in [4.78, 5) is 13.9. The Kier molecular flexibility index (Phi) is 4.27. The van der Waals surface area contributed by atoms with Gasteiger partial charge in [0, 0.05) is 31.0 Å². The molecule has 1 aromatic heterocycles. The van der Waals surface area contributed by atoms with Gasteiger partial charge >= 0.3 is 0 Å². The Hall–Kier alpha value is -1.33. The molecule has 5 nitrogen and oxygen atoms in total. The first-order chi connectivity index (χ1) is 8.96. The number of piperidine rings is 1. The molecule has 1 aliphatic heterocycles. The minimum atomic E-state index is -0.563. The van der Waals surface area contributed by atoms with Crippen LogP contribution in [-0.2, 0) is 6.54 Å². The van der Waals surface area contributed by atoms with Gasteiger partial charge in [0.25, 0.3) is 5.56 Å². The van der Waals surface area contributed by atoms with Gasteiger partial charge in [-0.15, -0.1) is 0 Å². The molecule has 1 aliphatic rings. The van der Waals surface area contributed by atoms with E-state index in [1.807, 2.05) is 6.92 Å². The van der Waals surface area contributed by atoms with E-state index in [4.69, 9.17) is 5.73 Å². The number of aryl methyl sites for hydroxylation is 1. The second-order valence-corrected chi connectivity index (χ2v) is 5.72. The van der Waals surface area contributed by atoms with Gasteiger partial charge in [-0.3, -0.25) is 4.79 Å². The lowest BCUT2D eigenvalue weighted by Crippen LogP contribution is -2.46. The minimum Gasteiger partial charge on any atom is -0.398 e. The van der Waals surface area contributed by atoms with Crippen molar-refractivity contribution in [2.24, 2.45) is 0 Å². The van der Waals surface area contributed by atoms with E-state index in [0.29, 0.717) is 12.2 Å². The van der Waals surface area contributed by atoms with Crippen LogP contribution in [0.5, 0.6) is 0 Å². The van der Waals surface area contributed by atoms with Crippen LogP contribution in [0.4, 0.5) is 5.69 Å². The van der Waals surface area contributed by atoms with E-state index in [1.54, 1.807) is 16.8 Å². The predicted octanol–water partition coefficient (Wildman–Crippen LogP) is 0.667. The number of aromatic nitrogens is 1. The summed E-state index contributed by atoms with van der Waals surface area (Å²) in [6.07, 6.45) is 4.48. The van der Waals surface area contributed by atoms with Gasteiger partial charge in [0.05, 0.1) is 5.60 Å². The summed E-state index contributed by atoms with van der Waals surface area (Å²) in [6, 6.07) is 3.13. The zero-order valence-corrected chi connectivity index (χ0v) is 11.5. The number of β-amino-alcohol motifs (C(OH)–C–C–N with tert-alkyl or cyclic N) is 1. The van der Waals surface area contributed by atoms with E-state index in [9.17, 15) is 9.90 Å². The van der Waals surface area contributed by atoms with Gasteiger partial charge in [-0.1, -0.05) is 0 Å². The molecule has 5 heteroatoms. The number of likely N-dealkylation sites (tertiary alicyclic amines) is 1. The second kappa shape index (κ2) is 5.75. The highest BCUT2D eigenvalue weighted by Gasteiger charge is 2.27. The summed E-state index contributed by atoms with van der Waals surface area (Å²) in [5.41, 5.74) is 5.71. The van der Waals surface area contributed by atoms with E-state index in [-0.39, 0.29) is 5.56 Å². The molecule has 0 radical (unpaired) electrons. The number of aliphatic hydroxyl groups is 1. The van der Waals surface area contributed by atoms with Crippen LogP contribution in [0.15, 0.2) is 23.1 Å². The molecule has 1 atom stereocenters. The lowest BCUT2D eigenvalue weighted by atomic mass is 9.95. The van der Waals surface area contributed by atoms with Crippen molar-refractivity contribution >= 4 is 5.69 Å². The fourth-order valence-electron chi connectivity index (χ4n) is 2.70. The third-order valence-electron chi connectivity index (χ3n) is 3.63. The SMILES string of the molecule is CC1(O)CCCN(CCCn2cc(N)ccc2=O)C1. The number of nitrogens with two attached hydrogens (primary N) is 1. The van der Waals surface area contributed by atoms with Gasteiger partial charge < -0.3 is 20.3 Å². The molecule has 0 bridgehead atoms. The molecule has 0 amide bonds. The first-order valence-corrected chi connectivity index (χ1v) is 6.87. The average molecular weight is 265 g/mol. The molecule has 2 heterocycles. The third kappa shape index (κ3) is 4.08. The summed E-state index contributed by atoms with van der Waals surface area (Å²) in [7, 11) is 0. The van der Waals surface area contributed by atoms with Gasteiger partial charge in [-0.25, -0.2) is 0 Å². The highest BCUT2D eigenvalue weighted by molar-refractivity contribution is 5.33. The second-order valence-electron chi connectivity index (χ2n) is 5.72. The fraction of sp³-hybridized carbons (Fsp3) is 0.643. The molecule has 0 saturated carbocycles. The Morgan fingerprint density at radius 1 is 1.42 bits per heavy atom. The molecule has 19 heavy (non-hydrogen) atoms. The van der Waals surface area contributed by atoms with Crippen molar-refractivity contribution in [3.05, 3.63) is 28.7 Å². The van der Waals surface area contributed by atoms with Crippen molar-refractivity contribution in [3.8, 4) is 0 Å². The molecule has 106 valence electrons. The largest absolute Gasteiger partial charge is 0.398 e. The maximum atomic E-state index is 11.6. The number of hydrogen-bond donors (Lipinski definition) is 2. The first-order valence-electron chi connectivity index (χ1n) is 6.87. The molecule has 0 aromatic carbocycles. The molecule has 1 unspecified atom stereocenters. The number of nitrogens with zero attached hydrogens (tertiary/aromatic N) is 2. The van der Waals surface area contributed by atoms with Crippen LogP contribution < -0.4 is 11.3 Å². The van der Waals surface area contributed by atoms with Crippen molar-refractivity contribution in [1.82, 2.24) is 9.47 Å². The monoisotopic (exact) mass is 265 g/mol. The Morgan fingerprint density at radius 3 is 2.95 bits per heavy atom. The Bertz CT molecular complexity index is 482. The van der Waals surface area contributed by atoms with Gasteiger partial charge in [0.2, 0.25) is 0 Å². The first kappa shape index (κ1) is 14.1. The van der Waals surface area contributed by atoms with Crippen LogP contribution in [-0.4, -0.2) is 39.8 Å². The summed E-state index contributed by atoms with van der Waals surface area (Å²) in [6.45, 7) is 5.21. The van der Waals surface area contributed by atoms with Crippen LogP contribution >= 0.6 is 0 Å². The smallest absolute Gasteiger partial charge is 0.250 e. The van der Waals surface area contributed by atoms with Crippen LogP contribution in [0.1, 0.15) is 26.2 Å². The highest BCUT2D eigenvalue weighted by atomic mass is 16.3. The summed E-state index contributed by atoms with van der Waals surface area (Å²) in [5.74, 6) is 0. The molecule has 1 fully saturated rings. The number of anilines is 1. The van der Waals surface area contributed by atoms with Gasteiger partial charge in [-0.05, 0) is 45.3 Å². The highest BCUT2D eigenvalue weighted by Crippen LogP contribution is 2.20. The lowest BCUT2D eigenvalue weighted by Gasteiger charge is -2.36. The maximum Gasteiger partial charge on any atom is 0.250 e. The van der Waals surface area contributed by atoms with E-state index in [1.165, 1.54) is 6.07 Å². The molecule has 2 rings (SSSR count). The van der Waals surface area contributed by atoms with Gasteiger partial charge in [0.15, 0.2) is 0 Å². The van der Waals surface area contributed by atoms with Crippen LogP contribution in [0.25, 0.3) is 0 Å². The number of pyridine rings is 1. The van der Waals surface area contributed by atoms with Crippen molar-refractivity contribution in [1.29, 1.82) is 0 Å². The number of rotatable bonds is 4. The maximum absolute atomic E-state index is 11.6. The van der Waals surface area contributed by atoms with Crippen LogP contribution in [0, 0.1) is 0 Å². The van der Waals surface area contributed by atoms with E-state index >= 15 is 0 Å². The number of hydrogen-bond acceptors (Lipinski definition) is 4. The normalized spacial score (nSPS) is 24.5. The molecule has 1 saturated heterocycles. The number of nitrogen functional groups attached to an aromatic ring is 1. The Balaban J connectivity index is 1.83. The topological polar surface area (TPSA) is 71.5 Å².